The van der Waals surface area contributed by atoms with Crippen molar-refractivity contribution in [3.05, 3.63) is 53.1 Å². The first-order valence-electron chi connectivity index (χ1n) is 5.95. The van der Waals surface area contributed by atoms with Crippen LogP contribution in [0.1, 0.15) is 21.5 Å². The van der Waals surface area contributed by atoms with Crippen LogP contribution in [0.2, 0.25) is 0 Å². The Hall–Kier alpha value is -2.49. The van der Waals surface area contributed by atoms with Crippen LogP contribution in [0.5, 0.6) is 5.75 Å². The zero-order valence-corrected chi connectivity index (χ0v) is 10.9. The lowest BCUT2D eigenvalue weighted by molar-refractivity contribution is 0.102. The highest BCUT2D eigenvalue weighted by molar-refractivity contribution is 6.08. The molecule has 0 saturated heterocycles. The molecule has 19 heavy (non-hydrogen) atoms. The van der Waals surface area contributed by atoms with Crippen LogP contribution >= 0.6 is 0 Å². The third-order valence-electron chi connectivity index (χ3n) is 2.94. The van der Waals surface area contributed by atoms with Crippen molar-refractivity contribution in [1.29, 1.82) is 0 Å². The fraction of sp³-hybridized carbons (Fsp3) is 0.133. The fourth-order valence-electron chi connectivity index (χ4n) is 1.87. The number of phenols is 1. The Bertz CT molecular complexity index is 616. The number of amides is 1. The summed E-state index contributed by atoms with van der Waals surface area (Å²) in [7, 11) is 0. The normalized spacial score (nSPS) is 10.2. The van der Waals surface area contributed by atoms with Crippen molar-refractivity contribution in [2.24, 2.45) is 0 Å². The van der Waals surface area contributed by atoms with E-state index in [0.29, 0.717) is 11.4 Å². The Balaban J connectivity index is 2.34. The van der Waals surface area contributed by atoms with Crippen LogP contribution in [0, 0.1) is 13.8 Å². The van der Waals surface area contributed by atoms with Crippen LogP contribution in [0.4, 0.5) is 11.4 Å². The van der Waals surface area contributed by atoms with Gasteiger partial charge in [0.25, 0.3) is 5.91 Å². The van der Waals surface area contributed by atoms with Gasteiger partial charge in [-0.2, -0.15) is 0 Å². The summed E-state index contributed by atoms with van der Waals surface area (Å²) < 4.78 is 0. The minimum Gasteiger partial charge on any atom is -0.507 e. The van der Waals surface area contributed by atoms with Crippen LogP contribution in [-0.2, 0) is 0 Å². The first-order valence-corrected chi connectivity index (χ1v) is 5.95. The number of aryl methyl sites for hydroxylation is 2. The van der Waals surface area contributed by atoms with Gasteiger partial charge in [-0.15, -0.1) is 0 Å². The topological polar surface area (TPSA) is 75.3 Å². The summed E-state index contributed by atoms with van der Waals surface area (Å²) in [6.45, 7) is 3.72. The van der Waals surface area contributed by atoms with E-state index in [4.69, 9.17) is 5.73 Å². The second-order valence-electron chi connectivity index (χ2n) is 4.51. The van der Waals surface area contributed by atoms with Gasteiger partial charge in [0.2, 0.25) is 0 Å². The highest BCUT2D eigenvalue weighted by Crippen LogP contribution is 2.25. The molecule has 0 aliphatic rings. The second kappa shape index (κ2) is 5.02. The molecule has 4 nitrogen and oxygen atoms in total. The highest BCUT2D eigenvalue weighted by Gasteiger charge is 2.13. The third kappa shape index (κ3) is 2.68. The molecule has 0 aliphatic heterocycles. The number of nitrogen functional groups attached to an aromatic ring is 1. The van der Waals surface area contributed by atoms with Crippen molar-refractivity contribution >= 4 is 17.3 Å². The zero-order valence-electron chi connectivity index (χ0n) is 10.9. The Morgan fingerprint density at radius 2 is 1.95 bits per heavy atom. The van der Waals surface area contributed by atoms with Gasteiger partial charge in [0, 0.05) is 0 Å². The second-order valence-corrected chi connectivity index (χ2v) is 4.51. The number of nitrogens with one attached hydrogen (secondary N) is 1. The standard InChI is InChI=1S/C15H16N2O2/c1-9-6-7-13(18)11(8-9)15(19)17-14-10(2)4-3-5-12(14)16/h3-8,18H,16H2,1-2H3,(H,17,19). The lowest BCUT2D eigenvalue weighted by Crippen LogP contribution is -2.14. The lowest BCUT2D eigenvalue weighted by Gasteiger charge is -2.12. The maximum Gasteiger partial charge on any atom is 0.259 e. The van der Waals surface area contributed by atoms with Crippen LogP contribution in [0.15, 0.2) is 36.4 Å². The third-order valence-corrected chi connectivity index (χ3v) is 2.94. The molecule has 0 unspecified atom stereocenters. The summed E-state index contributed by atoms with van der Waals surface area (Å²) in [4.78, 5) is 12.2. The van der Waals surface area contributed by atoms with Crippen molar-refractivity contribution < 1.29 is 9.90 Å². The number of hydrogen-bond acceptors (Lipinski definition) is 3. The number of anilines is 2. The van der Waals surface area contributed by atoms with Gasteiger partial charge in [0.05, 0.1) is 16.9 Å². The maximum absolute atomic E-state index is 12.2. The Labute approximate surface area is 111 Å². The largest absolute Gasteiger partial charge is 0.507 e. The summed E-state index contributed by atoms with van der Waals surface area (Å²) in [5.74, 6) is -0.419. The molecular formula is C15H16N2O2. The summed E-state index contributed by atoms with van der Waals surface area (Å²) in [5, 5.41) is 12.5. The van der Waals surface area contributed by atoms with Gasteiger partial charge < -0.3 is 16.2 Å². The maximum atomic E-state index is 12.2. The SMILES string of the molecule is Cc1ccc(O)c(C(=O)Nc2c(C)cccc2N)c1. The first-order chi connectivity index (χ1) is 8.99. The molecule has 0 atom stereocenters. The van der Waals surface area contributed by atoms with Gasteiger partial charge in [0.15, 0.2) is 0 Å². The molecule has 0 aromatic heterocycles. The van der Waals surface area contributed by atoms with Crippen molar-refractivity contribution in [2.75, 3.05) is 11.1 Å². The average molecular weight is 256 g/mol. The molecule has 0 aliphatic carbocycles. The number of rotatable bonds is 2. The van der Waals surface area contributed by atoms with Crippen LogP contribution in [0.3, 0.4) is 0 Å². The molecule has 0 saturated carbocycles. The number of benzene rings is 2. The van der Waals surface area contributed by atoms with Gasteiger partial charge >= 0.3 is 0 Å². The Kier molecular flexibility index (Phi) is 3.42. The van der Waals surface area contributed by atoms with Gasteiger partial charge in [0.1, 0.15) is 5.75 Å². The molecule has 98 valence electrons. The number of para-hydroxylation sites is 1. The molecule has 1 amide bonds. The van der Waals surface area contributed by atoms with Gasteiger partial charge in [-0.05, 0) is 37.6 Å². The van der Waals surface area contributed by atoms with Crippen molar-refractivity contribution in [3.63, 3.8) is 0 Å². The van der Waals surface area contributed by atoms with Crippen molar-refractivity contribution in [1.82, 2.24) is 0 Å². The molecule has 0 bridgehead atoms. The number of aromatic hydroxyl groups is 1. The fourth-order valence-corrected chi connectivity index (χ4v) is 1.87. The predicted molar refractivity (Wildman–Crippen MR) is 76.4 cm³/mol. The summed E-state index contributed by atoms with van der Waals surface area (Å²) in [6.07, 6.45) is 0. The van der Waals surface area contributed by atoms with Crippen LogP contribution in [-0.4, -0.2) is 11.0 Å². The molecule has 4 N–H and O–H groups in total. The quantitative estimate of drug-likeness (QED) is 0.723. The first kappa shape index (κ1) is 13.0. The van der Waals surface area contributed by atoms with Crippen molar-refractivity contribution in [3.8, 4) is 5.75 Å². The molecule has 4 heteroatoms. The van der Waals surface area contributed by atoms with E-state index < -0.39 is 0 Å². The minimum absolute atomic E-state index is 0.0461. The molecule has 2 rings (SSSR count). The Morgan fingerprint density at radius 1 is 1.21 bits per heavy atom. The van der Waals surface area contributed by atoms with E-state index in [2.05, 4.69) is 5.32 Å². The van der Waals surface area contributed by atoms with E-state index in [1.54, 1.807) is 18.2 Å². The van der Waals surface area contributed by atoms with Crippen LogP contribution < -0.4 is 11.1 Å². The number of carbonyl (C=O) groups excluding carboxylic acids is 1. The molecule has 0 radical (unpaired) electrons. The van der Waals surface area contributed by atoms with Gasteiger partial charge in [-0.1, -0.05) is 23.8 Å². The molecular weight excluding hydrogens is 240 g/mol. The van der Waals surface area contributed by atoms with Gasteiger partial charge in [-0.3, -0.25) is 4.79 Å². The minimum atomic E-state index is -0.373. The number of phenolic OH excluding ortho intramolecular Hbond substituents is 1. The van der Waals surface area contributed by atoms with E-state index >= 15 is 0 Å². The summed E-state index contributed by atoms with van der Waals surface area (Å²) in [5.41, 5.74) is 8.93. The summed E-state index contributed by atoms with van der Waals surface area (Å²) >= 11 is 0. The van der Waals surface area contributed by atoms with E-state index in [1.165, 1.54) is 6.07 Å². The van der Waals surface area contributed by atoms with Crippen LogP contribution in [0.25, 0.3) is 0 Å². The number of carbonyl (C=O) groups is 1. The smallest absolute Gasteiger partial charge is 0.259 e. The highest BCUT2D eigenvalue weighted by atomic mass is 16.3. The molecule has 0 spiro atoms. The zero-order chi connectivity index (χ0) is 14.0. The molecule has 0 heterocycles. The van der Waals surface area contributed by atoms with E-state index in [0.717, 1.165) is 11.1 Å². The number of hydrogen-bond donors (Lipinski definition) is 3. The van der Waals surface area contributed by atoms with E-state index in [-0.39, 0.29) is 17.2 Å². The molecule has 2 aromatic rings. The van der Waals surface area contributed by atoms with Crippen molar-refractivity contribution in [2.45, 2.75) is 13.8 Å². The van der Waals surface area contributed by atoms with Gasteiger partial charge in [-0.25, -0.2) is 0 Å². The predicted octanol–water partition coefficient (Wildman–Crippen LogP) is 2.84. The Morgan fingerprint density at radius 3 is 2.63 bits per heavy atom. The molecule has 2 aromatic carbocycles. The number of nitrogens with two attached hydrogens (primary N) is 1. The van der Waals surface area contributed by atoms with E-state index in [1.807, 2.05) is 26.0 Å². The monoisotopic (exact) mass is 256 g/mol. The average Bonchev–Trinajstić information content (AvgIpc) is 2.37. The van der Waals surface area contributed by atoms with E-state index in [9.17, 15) is 9.90 Å². The lowest BCUT2D eigenvalue weighted by atomic mass is 10.1. The molecule has 0 fully saturated rings. The summed E-state index contributed by atoms with van der Waals surface area (Å²) in [6, 6.07) is 10.3.